The number of nitrogens with one attached hydrogen (secondary N) is 2. The van der Waals surface area contributed by atoms with E-state index in [9.17, 15) is 10.2 Å². The standard InChI is InChI=1S/C10H10BrN3O2S/c1-5-4-12-10(17-5)14-13-7-2-6(11)8(15)3-9(7)16/h2-4,13,15-16H,1H3,(H,12,14)/p-1. The maximum atomic E-state index is 11.2. The van der Waals surface area contributed by atoms with Crippen molar-refractivity contribution in [2.45, 2.75) is 6.92 Å². The van der Waals surface area contributed by atoms with E-state index in [1.54, 1.807) is 6.20 Å². The van der Waals surface area contributed by atoms with Crippen LogP contribution >= 0.6 is 27.3 Å². The van der Waals surface area contributed by atoms with Gasteiger partial charge in [-0.05, 0) is 19.1 Å². The summed E-state index contributed by atoms with van der Waals surface area (Å²) in [6.07, 6.45) is 1.74. The van der Waals surface area contributed by atoms with E-state index in [1.165, 1.54) is 17.4 Å². The molecule has 3 N–H and O–H groups in total. The number of nitrogens with zero attached hydrogens (tertiary/aromatic N) is 1. The van der Waals surface area contributed by atoms with Gasteiger partial charge in [0.15, 0.2) is 0 Å². The smallest absolute Gasteiger partial charge is 0.201 e. The lowest BCUT2D eigenvalue weighted by Crippen LogP contribution is -2.08. The first kappa shape index (κ1) is 12.0. The summed E-state index contributed by atoms with van der Waals surface area (Å²) in [6.45, 7) is 1.95. The number of phenols is 1. The van der Waals surface area contributed by atoms with E-state index in [0.717, 1.165) is 10.9 Å². The zero-order valence-electron chi connectivity index (χ0n) is 8.82. The Morgan fingerprint density at radius 3 is 2.82 bits per heavy atom. The van der Waals surface area contributed by atoms with Crippen molar-refractivity contribution < 1.29 is 10.2 Å². The summed E-state index contributed by atoms with van der Waals surface area (Å²) in [5.41, 5.74) is 6.04. The number of thiazole rings is 1. The number of hydrogen-bond donors (Lipinski definition) is 3. The number of rotatable bonds is 3. The molecule has 7 heteroatoms. The van der Waals surface area contributed by atoms with E-state index in [1.807, 2.05) is 6.92 Å². The number of halogens is 1. The SMILES string of the molecule is Cc1cnc(NNc2cc(Br)c([O-])cc2O)s1. The largest absolute Gasteiger partial charge is 0.872 e. The molecule has 0 radical (unpaired) electrons. The van der Waals surface area contributed by atoms with Crippen molar-refractivity contribution in [3.8, 4) is 11.5 Å². The zero-order valence-corrected chi connectivity index (χ0v) is 11.2. The Morgan fingerprint density at radius 2 is 2.18 bits per heavy atom. The molecule has 1 aromatic heterocycles. The fraction of sp³-hybridized carbons (Fsp3) is 0.100. The first-order valence-corrected chi connectivity index (χ1v) is 6.31. The third-order valence-electron chi connectivity index (χ3n) is 1.98. The molecule has 1 aromatic carbocycles. The van der Waals surface area contributed by atoms with Crippen molar-refractivity contribution in [3.05, 3.63) is 27.7 Å². The third-order valence-corrected chi connectivity index (χ3v) is 3.42. The van der Waals surface area contributed by atoms with Gasteiger partial charge in [-0.25, -0.2) is 4.98 Å². The number of aromatic nitrogens is 1. The molecule has 0 bridgehead atoms. The van der Waals surface area contributed by atoms with Gasteiger partial charge in [-0.15, -0.1) is 11.3 Å². The molecule has 2 rings (SSSR count). The van der Waals surface area contributed by atoms with E-state index in [4.69, 9.17) is 0 Å². The number of aryl methyl sites for hydroxylation is 1. The molecule has 0 unspecified atom stereocenters. The van der Waals surface area contributed by atoms with Gasteiger partial charge in [-0.2, -0.15) is 0 Å². The molecule has 0 aliphatic heterocycles. The van der Waals surface area contributed by atoms with Crippen molar-refractivity contribution >= 4 is 38.1 Å². The van der Waals surface area contributed by atoms with Crippen LogP contribution in [0.2, 0.25) is 0 Å². The summed E-state index contributed by atoms with van der Waals surface area (Å²) in [7, 11) is 0. The molecular formula is C10H9BrN3O2S-. The fourth-order valence-corrected chi connectivity index (χ4v) is 2.14. The van der Waals surface area contributed by atoms with Crippen molar-refractivity contribution in [2.75, 3.05) is 10.9 Å². The van der Waals surface area contributed by atoms with Gasteiger partial charge < -0.3 is 10.2 Å². The van der Waals surface area contributed by atoms with Crippen molar-refractivity contribution in [3.63, 3.8) is 0 Å². The van der Waals surface area contributed by atoms with Gasteiger partial charge in [0.1, 0.15) is 5.75 Å². The van der Waals surface area contributed by atoms with Crippen LogP contribution in [0.1, 0.15) is 4.88 Å². The number of anilines is 2. The van der Waals surface area contributed by atoms with E-state index >= 15 is 0 Å². The van der Waals surface area contributed by atoms with Crippen LogP contribution < -0.4 is 16.0 Å². The number of benzene rings is 1. The molecule has 17 heavy (non-hydrogen) atoms. The van der Waals surface area contributed by atoms with E-state index in [2.05, 4.69) is 31.8 Å². The first-order valence-electron chi connectivity index (χ1n) is 4.70. The Kier molecular flexibility index (Phi) is 3.39. The van der Waals surface area contributed by atoms with Crippen molar-refractivity contribution in [2.24, 2.45) is 0 Å². The van der Waals surface area contributed by atoms with Crippen molar-refractivity contribution in [1.29, 1.82) is 0 Å². The molecule has 0 saturated heterocycles. The molecule has 5 nitrogen and oxygen atoms in total. The predicted octanol–water partition coefficient (Wildman–Crippen LogP) is 2.43. The van der Waals surface area contributed by atoms with Gasteiger partial charge in [0.25, 0.3) is 0 Å². The Morgan fingerprint density at radius 1 is 1.41 bits per heavy atom. The lowest BCUT2D eigenvalue weighted by molar-refractivity contribution is -0.269. The number of phenolic OH excluding ortho intramolecular Hbond substituents is 1. The summed E-state index contributed by atoms with van der Waals surface area (Å²) in [4.78, 5) is 5.17. The average molecular weight is 315 g/mol. The molecule has 0 fully saturated rings. The molecular weight excluding hydrogens is 306 g/mol. The summed E-state index contributed by atoms with van der Waals surface area (Å²) in [5.74, 6) is -0.378. The molecule has 0 spiro atoms. The number of hydrazine groups is 1. The predicted molar refractivity (Wildman–Crippen MR) is 69.3 cm³/mol. The van der Waals surface area contributed by atoms with Gasteiger partial charge >= 0.3 is 0 Å². The minimum atomic E-state index is -0.266. The van der Waals surface area contributed by atoms with Crippen LogP contribution in [0.3, 0.4) is 0 Å². The highest BCUT2D eigenvalue weighted by molar-refractivity contribution is 9.10. The average Bonchev–Trinajstić information content (AvgIpc) is 2.68. The molecule has 0 amide bonds. The summed E-state index contributed by atoms with van der Waals surface area (Å²) < 4.78 is 0.384. The minimum absolute atomic E-state index is 0.112. The van der Waals surface area contributed by atoms with Crippen LogP contribution in [0.25, 0.3) is 0 Å². The van der Waals surface area contributed by atoms with Crippen LogP contribution in [-0.4, -0.2) is 10.1 Å². The second kappa shape index (κ2) is 4.80. The quantitative estimate of drug-likeness (QED) is 0.599. The molecule has 2 aromatic rings. The lowest BCUT2D eigenvalue weighted by Gasteiger charge is -2.14. The van der Waals surface area contributed by atoms with E-state index in [0.29, 0.717) is 15.3 Å². The fourth-order valence-electron chi connectivity index (χ4n) is 1.18. The Bertz CT molecular complexity index is 544. The molecule has 0 saturated carbocycles. The lowest BCUT2D eigenvalue weighted by atomic mass is 10.3. The van der Waals surface area contributed by atoms with Crippen LogP contribution in [0.5, 0.6) is 11.5 Å². The first-order chi connectivity index (χ1) is 8.06. The second-order valence-electron chi connectivity index (χ2n) is 3.33. The van der Waals surface area contributed by atoms with Gasteiger partial charge in [0, 0.05) is 15.5 Å². The summed E-state index contributed by atoms with van der Waals surface area (Å²) in [5, 5.41) is 21.4. The topological polar surface area (TPSA) is 80.2 Å². The normalized spacial score (nSPS) is 10.2. The van der Waals surface area contributed by atoms with Gasteiger partial charge in [-0.3, -0.25) is 10.9 Å². The van der Waals surface area contributed by atoms with Crippen LogP contribution in [-0.2, 0) is 0 Å². The second-order valence-corrected chi connectivity index (χ2v) is 5.41. The van der Waals surface area contributed by atoms with Crippen molar-refractivity contribution in [1.82, 2.24) is 4.98 Å². The Hall–Kier alpha value is -1.47. The maximum Gasteiger partial charge on any atom is 0.201 e. The van der Waals surface area contributed by atoms with Gasteiger partial charge in [0.05, 0.1) is 5.69 Å². The molecule has 1 heterocycles. The molecule has 0 atom stereocenters. The Labute approximate surface area is 110 Å². The third kappa shape index (κ3) is 2.80. The highest BCUT2D eigenvalue weighted by atomic mass is 79.9. The zero-order chi connectivity index (χ0) is 12.4. The number of hydrogen-bond acceptors (Lipinski definition) is 6. The Balaban J connectivity index is 2.11. The number of aromatic hydroxyl groups is 1. The molecule has 90 valence electrons. The monoisotopic (exact) mass is 314 g/mol. The summed E-state index contributed by atoms with van der Waals surface area (Å²) >= 11 is 4.59. The van der Waals surface area contributed by atoms with Crippen LogP contribution in [0.4, 0.5) is 10.8 Å². The highest BCUT2D eigenvalue weighted by Gasteiger charge is 2.03. The molecule has 0 aliphatic carbocycles. The van der Waals surface area contributed by atoms with Crippen LogP contribution in [0.15, 0.2) is 22.8 Å². The minimum Gasteiger partial charge on any atom is -0.872 e. The van der Waals surface area contributed by atoms with Crippen LogP contribution in [0, 0.1) is 6.92 Å². The van der Waals surface area contributed by atoms with E-state index in [-0.39, 0.29) is 11.5 Å². The van der Waals surface area contributed by atoms with E-state index < -0.39 is 0 Å². The summed E-state index contributed by atoms with van der Waals surface area (Å²) in [6, 6.07) is 2.65. The van der Waals surface area contributed by atoms with Gasteiger partial charge in [-0.1, -0.05) is 21.7 Å². The van der Waals surface area contributed by atoms with Gasteiger partial charge in [0.2, 0.25) is 5.13 Å². The maximum absolute atomic E-state index is 11.2. The highest BCUT2D eigenvalue weighted by Crippen LogP contribution is 2.33. The molecule has 0 aliphatic rings.